The largest absolute Gasteiger partial charge is 0.494 e. The Morgan fingerprint density at radius 3 is 2.13 bits per heavy atom. The van der Waals surface area contributed by atoms with Crippen molar-refractivity contribution < 1.29 is 19.8 Å². The van der Waals surface area contributed by atoms with Crippen molar-refractivity contribution in [3.8, 4) is 17.4 Å². The molecule has 4 aromatic rings. The fourth-order valence-electron chi connectivity index (χ4n) is 3.27. The van der Waals surface area contributed by atoms with E-state index in [2.05, 4.69) is 10.2 Å². The zero-order chi connectivity index (χ0) is 22.1. The van der Waals surface area contributed by atoms with E-state index in [1.165, 1.54) is 34.9 Å². The first kappa shape index (κ1) is 20.3. The van der Waals surface area contributed by atoms with Gasteiger partial charge in [0, 0.05) is 26.9 Å². The SMILES string of the molecule is Cc1ccccc1-n1c(O)c2ccc(C(=O)N=NC(=O)c3cccc(Cl)c3)cc2c1O. The molecule has 2 N–H and O–H groups in total. The summed E-state index contributed by atoms with van der Waals surface area (Å²) < 4.78 is 1.30. The number of carbonyl (C=O) groups is 2. The molecule has 1 heterocycles. The zero-order valence-electron chi connectivity index (χ0n) is 16.3. The van der Waals surface area contributed by atoms with E-state index in [-0.39, 0.29) is 28.3 Å². The Morgan fingerprint density at radius 1 is 0.806 bits per heavy atom. The molecule has 0 fully saturated rings. The molecule has 8 heteroatoms. The molecular weight excluding hydrogens is 418 g/mol. The summed E-state index contributed by atoms with van der Waals surface area (Å²) in [5, 5.41) is 29.3. The predicted molar refractivity (Wildman–Crippen MR) is 116 cm³/mol. The Kier molecular flexibility index (Phi) is 5.27. The Bertz CT molecular complexity index is 1370. The first-order chi connectivity index (χ1) is 14.9. The molecule has 3 aromatic carbocycles. The maximum atomic E-state index is 12.4. The van der Waals surface area contributed by atoms with Gasteiger partial charge in [0.1, 0.15) is 0 Å². The number of nitrogens with zero attached hydrogens (tertiary/aromatic N) is 3. The van der Waals surface area contributed by atoms with Gasteiger partial charge in [0.2, 0.25) is 11.8 Å². The van der Waals surface area contributed by atoms with Crippen molar-refractivity contribution in [2.24, 2.45) is 10.2 Å². The minimum Gasteiger partial charge on any atom is -0.494 e. The molecule has 0 radical (unpaired) electrons. The Balaban J connectivity index is 1.68. The van der Waals surface area contributed by atoms with Gasteiger partial charge in [-0.1, -0.05) is 35.9 Å². The second-order valence-electron chi connectivity index (χ2n) is 6.85. The number of benzene rings is 3. The molecule has 1 aromatic heterocycles. The third-order valence-corrected chi connectivity index (χ3v) is 5.07. The van der Waals surface area contributed by atoms with Gasteiger partial charge in [-0.25, -0.2) is 0 Å². The van der Waals surface area contributed by atoms with Crippen LogP contribution in [0.1, 0.15) is 26.3 Å². The summed E-state index contributed by atoms with van der Waals surface area (Å²) in [4.78, 5) is 24.5. The predicted octanol–water partition coefficient (Wildman–Crippen LogP) is 5.44. The maximum Gasteiger partial charge on any atom is 0.295 e. The highest BCUT2D eigenvalue weighted by molar-refractivity contribution is 6.31. The molecule has 0 aliphatic heterocycles. The van der Waals surface area contributed by atoms with E-state index in [9.17, 15) is 19.8 Å². The third kappa shape index (κ3) is 3.78. The topological polar surface area (TPSA) is 104 Å². The molecule has 7 nitrogen and oxygen atoms in total. The number of amides is 2. The summed E-state index contributed by atoms with van der Waals surface area (Å²) in [6, 6.07) is 17.7. The van der Waals surface area contributed by atoms with Crippen molar-refractivity contribution in [3.05, 3.63) is 88.4 Å². The molecule has 0 saturated carbocycles. The van der Waals surface area contributed by atoms with Crippen LogP contribution in [-0.2, 0) is 0 Å². The van der Waals surface area contributed by atoms with Crippen molar-refractivity contribution in [1.82, 2.24) is 4.57 Å². The van der Waals surface area contributed by atoms with Gasteiger partial charge in [-0.15, -0.1) is 10.2 Å². The number of aromatic nitrogens is 1. The first-order valence-electron chi connectivity index (χ1n) is 9.25. The highest BCUT2D eigenvalue weighted by atomic mass is 35.5. The molecule has 0 spiro atoms. The highest BCUT2D eigenvalue weighted by Gasteiger charge is 2.20. The number of azo groups is 1. The number of aromatic hydroxyl groups is 2. The van der Waals surface area contributed by atoms with Crippen molar-refractivity contribution in [2.45, 2.75) is 6.92 Å². The fourth-order valence-corrected chi connectivity index (χ4v) is 3.46. The number of aryl methyl sites for hydroxylation is 1. The van der Waals surface area contributed by atoms with Gasteiger partial charge in [0.05, 0.1) is 5.69 Å². The smallest absolute Gasteiger partial charge is 0.295 e. The number of carbonyl (C=O) groups excluding carboxylic acids is 2. The van der Waals surface area contributed by atoms with Crippen molar-refractivity contribution >= 4 is 34.2 Å². The molecule has 0 aliphatic carbocycles. The zero-order valence-corrected chi connectivity index (χ0v) is 17.0. The van der Waals surface area contributed by atoms with Crippen molar-refractivity contribution in [2.75, 3.05) is 0 Å². The van der Waals surface area contributed by atoms with E-state index in [0.717, 1.165) is 5.56 Å². The van der Waals surface area contributed by atoms with Crippen LogP contribution >= 0.6 is 11.6 Å². The van der Waals surface area contributed by atoms with E-state index in [1.54, 1.807) is 24.3 Å². The van der Waals surface area contributed by atoms with E-state index in [0.29, 0.717) is 16.1 Å². The van der Waals surface area contributed by atoms with Crippen LogP contribution in [0.4, 0.5) is 0 Å². The molecule has 0 bridgehead atoms. The molecule has 154 valence electrons. The van der Waals surface area contributed by atoms with Crippen molar-refractivity contribution in [3.63, 3.8) is 0 Å². The maximum absolute atomic E-state index is 12.4. The monoisotopic (exact) mass is 433 g/mol. The van der Waals surface area contributed by atoms with Crippen LogP contribution in [-0.4, -0.2) is 26.6 Å². The lowest BCUT2D eigenvalue weighted by Gasteiger charge is -2.09. The molecule has 0 saturated heterocycles. The first-order valence-corrected chi connectivity index (χ1v) is 9.63. The lowest BCUT2D eigenvalue weighted by atomic mass is 10.1. The number of halogens is 1. The van der Waals surface area contributed by atoms with E-state index < -0.39 is 11.8 Å². The van der Waals surface area contributed by atoms with Crippen LogP contribution < -0.4 is 0 Å². The van der Waals surface area contributed by atoms with Crippen LogP contribution in [0.5, 0.6) is 11.8 Å². The van der Waals surface area contributed by atoms with Gasteiger partial charge in [-0.2, -0.15) is 0 Å². The standard InChI is InChI=1S/C23H16ClN3O4/c1-13-5-2-3-8-19(13)27-22(30)17-10-9-15(12-18(17)23(27)31)21(29)26-25-20(28)14-6-4-7-16(24)11-14/h2-12,30-31H,1H3. The van der Waals surface area contributed by atoms with E-state index >= 15 is 0 Å². The number of hydrogen-bond acceptors (Lipinski definition) is 4. The second kappa shape index (κ2) is 8.04. The fraction of sp³-hybridized carbons (Fsp3) is 0.0435. The molecule has 0 atom stereocenters. The lowest BCUT2D eigenvalue weighted by Crippen LogP contribution is -1.98. The Labute approximate surface area is 181 Å². The van der Waals surface area contributed by atoms with Crippen LogP contribution in [0, 0.1) is 6.92 Å². The minimum atomic E-state index is -0.764. The number of fused-ring (bicyclic) bond motifs is 1. The molecule has 0 aliphatic rings. The molecule has 2 amide bonds. The normalized spacial score (nSPS) is 11.3. The highest BCUT2D eigenvalue weighted by Crippen LogP contribution is 2.40. The Morgan fingerprint density at radius 2 is 1.45 bits per heavy atom. The quantitative estimate of drug-likeness (QED) is 0.420. The summed E-state index contributed by atoms with van der Waals surface area (Å²) in [7, 11) is 0. The van der Waals surface area contributed by atoms with Gasteiger partial charge in [-0.3, -0.25) is 14.2 Å². The average molecular weight is 434 g/mol. The van der Waals surface area contributed by atoms with Crippen LogP contribution in [0.15, 0.2) is 77.0 Å². The van der Waals surface area contributed by atoms with E-state index in [1.807, 2.05) is 19.1 Å². The number of para-hydroxylation sites is 1. The van der Waals surface area contributed by atoms with Crippen LogP contribution in [0.2, 0.25) is 5.02 Å². The van der Waals surface area contributed by atoms with Crippen LogP contribution in [0.3, 0.4) is 0 Å². The van der Waals surface area contributed by atoms with E-state index in [4.69, 9.17) is 11.6 Å². The summed E-state index contributed by atoms with van der Waals surface area (Å²) >= 11 is 5.85. The van der Waals surface area contributed by atoms with Gasteiger partial charge in [0.15, 0.2) is 0 Å². The van der Waals surface area contributed by atoms with Crippen molar-refractivity contribution in [1.29, 1.82) is 0 Å². The second-order valence-corrected chi connectivity index (χ2v) is 7.29. The van der Waals surface area contributed by atoms with Gasteiger partial charge < -0.3 is 10.2 Å². The molecule has 31 heavy (non-hydrogen) atoms. The minimum absolute atomic E-state index is 0.104. The molecule has 4 rings (SSSR count). The summed E-state index contributed by atoms with van der Waals surface area (Å²) in [5.41, 5.74) is 1.76. The summed E-state index contributed by atoms with van der Waals surface area (Å²) in [6.45, 7) is 1.85. The summed E-state index contributed by atoms with van der Waals surface area (Å²) in [5.74, 6) is -1.84. The van der Waals surface area contributed by atoms with Gasteiger partial charge in [0.25, 0.3) is 11.8 Å². The number of hydrogen-bond donors (Lipinski definition) is 2. The lowest BCUT2D eigenvalue weighted by molar-refractivity contribution is 0.0947. The Hall–Kier alpha value is -3.97. The molecular formula is C23H16ClN3O4. The van der Waals surface area contributed by atoms with Gasteiger partial charge >= 0.3 is 0 Å². The number of rotatable bonds is 3. The summed E-state index contributed by atoms with van der Waals surface area (Å²) in [6.07, 6.45) is 0. The average Bonchev–Trinajstić information content (AvgIpc) is 3.02. The molecule has 0 unspecified atom stereocenters. The third-order valence-electron chi connectivity index (χ3n) is 4.83. The van der Waals surface area contributed by atoms with Crippen LogP contribution in [0.25, 0.3) is 16.5 Å². The van der Waals surface area contributed by atoms with Gasteiger partial charge in [-0.05, 0) is 55.0 Å².